The van der Waals surface area contributed by atoms with Gasteiger partial charge < -0.3 is 5.73 Å². The quantitative estimate of drug-likeness (QED) is 0.663. The fourth-order valence-electron chi connectivity index (χ4n) is 1.85. The highest BCUT2D eigenvalue weighted by Gasteiger charge is 2.27. The van der Waals surface area contributed by atoms with Crippen LogP contribution < -0.4 is 5.73 Å². The van der Waals surface area contributed by atoms with Crippen molar-refractivity contribution in [3.05, 3.63) is 40.9 Å². The Bertz CT molecular complexity index is 386. The van der Waals surface area contributed by atoms with Gasteiger partial charge in [-0.05, 0) is 46.5 Å². The topological polar surface area (TPSA) is 29.3 Å². The predicted molar refractivity (Wildman–Crippen MR) is 72.2 cm³/mol. The fraction of sp³-hybridized carbons (Fsp3) is 0.385. The van der Waals surface area contributed by atoms with E-state index < -0.39 is 0 Å². The maximum absolute atomic E-state index is 5.77. The summed E-state index contributed by atoms with van der Waals surface area (Å²) < 4.78 is 0.986. The molecule has 1 fully saturated rings. The van der Waals surface area contributed by atoms with E-state index >= 15 is 0 Å². The zero-order valence-electron chi connectivity index (χ0n) is 9.32. The largest absolute Gasteiger partial charge is 0.398 e. The number of nitrogens with two attached hydrogens (primary N) is 1. The maximum atomic E-state index is 5.77. The molecule has 2 N–H and O–H groups in total. The van der Waals surface area contributed by atoms with E-state index in [1.807, 2.05) is 12.1 Å². The molecule has 1 saturated carbocycles. The molecule has 1 aliphatic carbocycles. The smallest absolute Gasteiger partial charge is 0.0458 e. The summed E-state index contributed by atoms with van der Waals surface area (Å²) in [6.45, 7) is 5.76. The Balaban J connectivity index is 2.05. The number of nitrogen functional groups attached to an aromatic ring is 1. The van der Waals surface area contributed by atoms with Gasteiger partial charge in [-0.1, -0.05) is 12.1 Å². The number of hydrogen-bond acceptors (Lipinski definition) is 2. The molecule has 0 saturated heterocycles. The Morgan fingerprint density at radius 3 is 2.81 bits per heavy atom. The van der Waals surface area contributed by atoms with Crippen molar-refractivity contribution in [2.45, 2.75) is 25.4 Å². The minimum Gasteiger partial charge on any atom is -0.398 e. The van der Waals surface area contributed by atoms with Crippen LogP contribution in [0, 0.1) is 0 Å². The van der Waals surface area contributed by atoms with Gasteiger partial charge in [-0.25, -0.2) is 0 Å². The van der Waals surface area contributed by atoms with Crippen LogP contribution in [0.2, 0.25) is 0 Å². The number of nitrogens with zero attached hydrogens (tertiary/aromatic N) is 1. The lowest BCUT2D eigenvalue weighted by Crippen LogP contribution is -2.25. The third-order valence-electron chi connectivity index (χ3n) is 2.88. The normalized spacial score (nSPS) is 15.4. The molecule has 0 unspecified atom stereocenters. The summed E-state index contributed by atoms with van der Waals surface area (Å²) in [5.41, 5.74) is 7.87. The average Bonchev–Trinajstić information content (AvgIpc) is 3.06. The van der Waals surface area contributed by atoms with E-state index in [0.29, 0.717) is 0 Å². The summed E-state index contributed by atoms with van der Waals surface area (Å²) >= 11 is 3.46. The van der Waals surface area contributed by atoms with Gasteiger partial charge in [0, 0.05) is 29.3 Å². The first-order valence-electron chi connectivity index (χ1n) is 5.59. The maximum Gasteiger partial charge on any atom is 0.0458 e. The Morgan fingerprint density at radius 1 is 1.50 bits per heavy atom. The second-order valence-electron chi connectivity index (χ2n) is 4.31. The second-order valence-corrected chi connectivity index (χ2v) is 5.16. The van der Waals surface area contributed by atoms with E-state index in [2.05, 4.69) is 39.5 Å². The molecule has 16 heavy (non-hydrogen) atoms. The van der Waals surface area contributed by atoms with Crippen LogP contribution in [0.4, 0.5) is 5.69 Å². The van der Waals surface area contributed by atoms with Crippen LogP contribution in [0.3, 0.4) is 0 Å². The number of rotatable bonds is 5. The molecule has 0 radical (unpaired) electrons. The Kier molecular flexibility index (Phi) is 3.66. The van der Waals surface area contributed by atoms with Crippen LogP contribution >= 0.6 is 15.9 Å². The molecule has 0 bridgehead atoms. The zero-order valence-corrected chi connectivity index (χ0v) is 10.9. The number of anilines is 1. The third-order valence-corrected chi connectivity index (χ3v) is 3.56. The van der Waals surface area contributed by atoms with Gasteiger partial charge >= 0.3 is 0 Å². The van der Waals surface area contributed by atoms with E-state index in [4.69, 9.17) is 5.73 Å². The van der Waals surface area contributed by atoms with Crippen molar-refractivity contribution in [3.63, 3.8) is 0 Å². The molecule has 0 aromatic heterocycles. The van der Waals surface area contributed by atoms with Gasteiger partial charge in [-0.15, -0.1) is 6.58 Å². The molecular formula is C13H17BrN2. The molecule has 86 valence electrons. The van der Waals surface area contributed by atoms with Crippen LogP contribution in [0.25, 0.3) is 0 Å². The molecule has 2 nitrogen and oxygen atoms in total. The SMILES string of the molecule is C=CCN(Cc1ccc(N)c(Br)c1)C1CC1. The molecule has 1 aliphatic rings. The van der Waals surface area contributed by atoms with Gasteiger partial charge in [0.1, 0.15) is 0 Å². The first-order valence-corrected chi connectivity index (χ1v) is 6.39. The van der Waals surface area contributed by atoms with E-state index in [9.17, 15) is 0 Å². The van der Waals surface area contributed by atoms with Crippen molar-refractivity contribution in [3.8, 4) is 0 Å². The summed E-state index contributed by atoms with van der Waals surface area (Å²) in [5, 5.41) is 0. The molecule has 0 spiro atoms. The van der Waals surface area contributed by atoms with Crippen LogP contribution in [0.1, 0.15) is 18.4 Å². The average molecular weight is 281 g/mol. The number of benzene rings is 1. The van der Waals surface area contributed by atoms with Crippen molar-refractivity contribution in [2.75, 3.05) is 12.3 Å². The van der Waals surface area contributed by atoms with Crippen molar-refractivity contribution in [1.29, 1.82) is 0 Å². The summed E-state index contributed by atoms with van der Waals surface area (Å²) in [4.78, 5) is 2.46. The molecule has 3 heteroatoms. The van der Waals surface area contributed by atoms with Gasteiger partial charge in [-0.3, -0.25) is 4.90 Å². The third kappa shape index (κ3) is 2.86. The highest BCUT2D eigenvalue weighted by molar-refractivity contribution is 9.10. The summed E-state index contributed by atoms with van der Waals surface area (Å²) in [5.74, 6) is 0. The number of hydrogen-bond donors (Lipinski definition) is 1. The van der Waals surface area contributed by atoms with Gasteiger partial charge in [0.25, 0.3) is 0 Å². The second kappa shape index (κ2) is 5.02. The highest BCUT2D eigenvalue weighted by Crippen LogP contribution is 2.29. The highest BCUT2D eigenvalue weighted by atomic mass is 79.9. The Labute approximate surface area is 105 Å². The summed E-state index contributed by atoms with van der Waals surface area (Å²) in [7, 11) is 0. The van der Waals surface area contributed by atoms with Crippen molar-refractivity contribution in [2.24, 2.45) is 0 Å². The summed E-state index contributed by atoms with van der Waals surface area (Å²) in [6, 6.07) is 6.92. The predicted octanol–water partition coefficient (Wildman–Crippen LogP) is 3.18. The molecule has 1 aromatic carbocycles. The first-order chi connectivity index (χ1) is 7.70. The lowest BCUT2D eigenvalue weighted by Gasteiger charge is -2.20. The monoisotopic (exact) mass is 280 g/mol. The standard InChI is InChI=1S/C13H17BrN2/c1-2-7-16(11-4-5-11)9-10-3-6-13(15)12(14)8-10/h2-3,6,8,11H,1,4-5,7,9,15H2. The Hall–Kier alpha value is -0.800. The van der Waals surface area contributed by atoms with Gasteiger partial charge in [0.15, 0.2) is 0 Å². The molecule has 0 atom stereocenters. The summed E-state index contributed by atoms with van der Waals surface area (Å²) in [6.07, 6.45) is 4.62. The van der Waals surface area contributed by atoms with Crippen LogP contribution in [-0.2, 0) is 6.54 Å². The lowest BCUT2D eigenvalue weighted by molar-refractivity contribution is 0.284. The van der Waals surface area contributed by atoms with Crippen molar-refractivity contribution < 1.29 is 0 Å². The van der Waals surface area contributed by atoms with Crippen LogP contribution in [0.5, 0.6) is 0 Å². The van der Waals surface area contributed by atoms with Crippen LogP contribution in [0.15, 0.2) is 35.3 Å². The van der Waals surface area contributed by atoms with Crippen molar-refractivity contribution in [1.82, 2.24) is 4.90 Å². The zero-order chi connectivity index (χ0) is 11.5. The minimum atomic E-state index is 0.759. The molecule has 0 aliphatic heterocycles. The van der Waals surface area contributed by atoms with E-state index in [-0.39, 0.29) is 0 Å². The number of halogens is 1. The Morgan fingerprint density at radius 2 is 2.25 bits per heavy atom. The van der Waals surface area contributed by atoms with Crippen molar-refractivity contribution >= 4 is 21.6 Å². The minimum absolute atomic E-state index is 0.759. The van der Waals surface area contributed by atoms with E-state index in [1.165, 1.54) is 18.4 Å². The van der Waals surface area contributed by atoms with Crippen LogP contribution in [-0.4, -0.2) is 17.5 Å². The van der Waals surface area contributed by atoms with E-state index in [0.717, 1.165) is 29.3 Å². The first kappa shape index (κ1) is 11.7. The van der Waals surface area contributed by atoms with Gasteiger partial charge in [0.05, 0.1) is 0 Å². The molecule has 0 heterocycles. The van der Waals surface area contributed by atoms with Gasteiger partial charge in [-0.2, -0.15) is 0 Å². The van der Waals surface area contributed by atoms with Gasteiger partial charge in [0.2, 0.25) is 0 Å². The molecular weight excluding hydrogens is 264 g/mol. The molecule has 0 amide bonds. The molecule has 2 rings (SSSR count). The lowest BCUT2D eigenvalue weighted by atomic mass is 10.2. The fourth-order valence-corrected chi connectivity index (χ4v) is 2.28. The molecule has 1 aromatic rings. The van der Waals surface area contributed by atoms with E-state index in [1.54, 1.807) is 0 Å².